The molecule has 52 heavy (non-hydrogen) atoms. The van der Waals surface area contributed by atoms with Crippen LogP contribution in [-0.4, -0.2) is 59.5 Å². The predicted molar refractivity (Wildman–Crippen MR) is 226 cm³/mol. The summed E-state index contributed by atoms with van der Waals surface area (Å²) in [6.07, 6.45) is 20.0. The first-order valence-electron chi connectivity index (χ1n) is 20.0. The van der Waals surface area contributed by atoms with Gasteiger partial charge in [0.25, 0.3) is 0 Å². The molecule has 0 aromatic carbocycles. The summed E-state index contributed by atoms with van der Waals surface area (Å²) in [4.78, 5) is 0. The van der Waals surface area contributed by atoms with E-state index >= 15 is 0 Å². The van der Waals surface area contributed by atoms with Crippen molar-refractivity contribution >= 4 is 54.6 Å². The Balaban J connectivity index is -0.000000315. The van der Waals surface area contributed by atoms with Gasteiger partial charge in [-0.05, 0) is 57.8 Å². The summed E-state index contributed by atoms with van der Waals surface area (Å²) in [5, 5.41) is 0. The van der Waals surface area contributed by atoms with Crippen LogP contribution in [0.3, 0.4) is 0 Å². The van der Waals surface area contributed by atoms with Gasteiger partial charge in [-0.25, -0.2) is 0 Å². The second kappa shape index (κ2) is 57.8. The number of unbranched alkanes of at least 4 members (excludes halogenated alkanes) is 9. The van der Waals surface area contributed by atoms with Gasteiger partial charge in [0, 0.05) is 0 Å². The van der Waals surface area contributed by atoms with Gasteiger partial charge < -0.3 is 40.7 Å². The molecule has 9 nitrogen and oxygen atoms in total. The maximum absolute atomic E-state index is 5.60. The minimum absolute atomic E-state index is 0.750. The Bertz CT molecular complexity index is 461. The van der Waals surface area contributed by atoms with Crippen LogP contribution in [-0.2, 0) is 54.2 Å². The normalized spacial score (nSPS) is 11.2. The Kier molecular flexibility index (Phi) is 67.9. The van der Waals surface area contributed by atoms with Crippen molar-refractivity contribution in [1.82, 2.24) is 0 Å². The zero-order valence-electron chi connectivity index (χ0n) is 34.6. The second-order valence-electron chi connectivity index (χ2n) is 11.5. The fourth-order valence-electron chi connectivity index (χ4n) is 2.89. The van der Waals surface area contributed by atoms with Gasteiger partial charge in [0.1, 0.15) is 0 Å². The molecule has 0 unspecified atom stereocenters. The van der Waals surface area contributed by atoms with Crippen molar-refractivity contribution in [3.05, 3.63) is 0 Å². The molecule has 0 aliphatic rings. The van der Waals surface area contributed by atoms with Gasteiger partial charge in [-0.15, -0.1) is 0 Å². The molecular formula is C36H81Cl3IrO9P3. The van der Waals surface area contributed by atoms with Crippen LogP contribution in [0.25, 0.3) is 0 Å². The van der Waals surface area contributed by atoms with Crippen molar-refractivity contribution in [3.63, 3.8) is 0 Å². The van der Waals surface area contributed by atoms with E-state index in [0.29, 0.717) is 0 Å². The number of rotatable bonds is 36. The van der Waals surface area contributed by atoms with Crippen molar-refractivity contribution in [2.24, 2.45) is 0 Å². The average molecular weight is 1050 g/mol. The van der Waals surface area contributed by atoms with Crippen LogP contribution in [0.4, 0.5) is 0 Å². The first-order chi connectivity index (χ1) is 25.3. The topological polar surface area (TPSA) is 83.1 Å². The first-order valence-corrected chi connectivity index (χ1v) is 32.2. The minimum atomic E-state index is -1.92. The third-order valence-corrected chi connectivity index (χ3v) is 9.79. The summed E-state index contributed by atoms with van der Waals surface area (Å²) in [5.41, 5.74) is 0. The van der Waals surface area contributed by atoms with Crippen molar-refractivity contribution in [3.8, 4) is 0 Å². The molecule has 0 N–H and O–H groups in total. The fraction of sp³-hybridized carbons (Fsp3) is 1.00. The molecule has 0 amide bonds. The Morgan fingerprint density at radius 2 is 0.365 bits per heavy atom. The molecule has 0 radical (unpaired) electrons. The van der Waals surface area contributed by atoms with Gasteiger partial charge in [0.2, 0.25) is 0 Å². The van der Waals surface area contributed by atoms with E-state index in [9.17, 15) is 0 Å². The van der Waals surface area contributed by atoms with Crippen molar-refractivity contribution in [2.75, 3.05) is 59.5 Å². The number of hydrogen-bond acceptors (Lipinski definition) is 9. The van der Waals surface area contributed by atoms with Gasteiger partial charge in [-0.1, -0.05) is 120 Å². The summed E-state index contributed by atoms with van der Waals surface area (Å²) in [5.74, 6) is 0. The van der Waals surface area contributed by atoms with Crippen LogP contribution >= 0.6 is 54.6 Å². The third kappa shape index (κ3) is 61.7. The molecule has 0 bridgehead atoms. The van der Waals surface area contributed by atoms with Crippen LogP contribution < -0.4 is 0 Å². The molecular weight excluding hydrogens is 968 g/mol. The molecule has 0 aliphatic carbocycles. The zero-order valence-corrected chi connectivity index (χ0v) is 41.9. The van der Waals surface area contributed by atoms with Crippen molar-refractivity contribution < 1.29 is 54.2 Å². The maximum atomic E-state index is 5.60. The van der Waals surface area contributed by atoms with Gasteiger partial charge in [0.15, 0.2) is 0 Å². The molecule has 0 rings (SSSR count). The molecule has 0 saturated carbocycles. The van der Waals surface area contributed by atoms with Crippen LogP contribution in [0.2, 0.25) is 0 Å². The van der Waals surface area contributed by atoms with Crippen LogP contribution in [0.1, 0.15) is 178 Å². The van der Waals surface area contributed by atoms with Crippen LogP contribution in [0.15, 0.2) is 0 Å². The molecule has 0 saturated heterocycles. The van der Waals surface area contributed by atoms with Crippen LogP contribution in [0, 0.1) is 0 Å². The van der Waals surface area contributed by atoms with E-state index in [2.05, 4.69) is 62.3 Å². The summed E-state index contributed by atoms with van der Waals surface area (Å²) in [6.45, 7) is 26.1. The quantitative estimate of drug-likeness (QED) is 0.0450. The van der Waals surface area contributed by atoms with Crippen molar-refractivity contribution in [2.45, 2.75) is 178 Å². The standard InChI is InChI=1S/3C12H27O3P.3ClH.Ir/c3*1-4-7-10-13-16(14-11-8-5-2)15-12-9-6-3;;;;/h3*4-12H2,1-3H3;3*1H;/q;;;;;;+3/p-3. The Morgan fingerprint density at radius 3 is 0.442 bits per heavy atom. The fourth-order valence-corrected chi connectivity index (χ4v) is 6.06. The average Bonchev–Trinajstić information content (AvgIpc) is 3.12. The van der Waals surface area contributed by atoms with Gasteiger partial charge in [-0.3, -0.25) is 0 Å². The number of hydrogen-bond donors (Lipinski definition) is 0. The Labute approximate surface area is 344 Å². The molecule has 0 aliphatic heterocycles. The molecule has 0 aromatic heterocycles. The molecule has 0 heterocycles. The molecule has 0 fully saturated rings. The monoisotopic (exact) mass is 1050 g/mol. The zero-order chi connectivity index (χ0) is 39.8. The number of halogens is 3. The molecule has 16 heteroatoms. The van der Waals surface area contributed by atoms with Crippen LogP contribution in [0.5, 0.6) is 0 Å². The van der Waals surface area contributed by atoms with Gasteiger partial charge >= 0.3 is 68.0 Å². The van der Waals surface area contributed by atoms with E-state index in [1.807, 2.05) is 0 Å². The molecule has 0 aromatic rings. The van der Waals surface area contributed by atoms with E-state index in [4.69, 9.17) is 69.5 Å². The predicted octanol–water partition coefficient (Wildman–Crippen LogP) is 16.1. The molecule has 324 valence electrons. The van der Waals surface area contributed by atoms with E-state index in [1.165, 1.54) is 0 Å². The summed E-state index contributed by atoms with van der Waals surface area (Å²) >= 11 is -1.92. The van der Waals surface area contributed by atoms with Gasteiger partial charge in [-0.2, -0.15) is 0 Å². The Hall–Kier alpha value is 2.45. The summed E-state index contributed by atoms with van der Waals surface area (Å²) in [6, 6.07) is 0. The van der Waals surface area contributed by atoms with Crippen molar-refractivity contribution in [1.29, 1.82) is 0 Å². The second-order valence-corrected chi connectivity index (χ2v) is 25.5. The van der Waals surface area contributed by atoms with E-state index < -0.39 is 39.3 Å². The third-order valence-electron chi connectivity index (χ3n) is 6.25. The van der Waals surface area contributed by atoms with Gasteiger partial charge in [0.05, 0.1) is 59.5 Å². The van der Waals surface area contributed by atoms with E-state index in [0.717, 1.165) is 175 Å². The Morgan fingerprint density at radius 1 is 0.269 bits per heavy atom. The molecule has 0 spiro atoms. The SMILES string of the molecule is CCCCOP(OCCCC)OCCCC.CCCCOP(OCCCC)OCCCC.CCCCOP(OCCCC)OCCCC.[Cl][Ir]([Cl])[Cl]. The summed E-state index contributed by atoms with van der Waals surface area (Å²) < 4.78 is 50.4. The van der Waals surface area contributed by atoms with E-state index in [-0.39, 0.29) is 0 Å². The summed E-state index contributed by atoms with van der Waals surface area (Å²) in [7, 11) is 11.6. The molecule has 0 atom stereocenters. The van der Waals surface area contributed by atoms with E-state index in [1.54, 1.807) is 0 Å². The first kappa shape index (κ1) is 61.1.